The van der Waals surface area contributed by atoms with Crippen molar-refractivity contribution in [2.24, 2.45) is 5.73 Å². The van der Waals surface area contributed by atoms with Gasteiger partial charge in [0.15, 0.2) is 0 Å². The third kappa shape index (κ3) is 6.38. The van der Waals surface area contributed by atoms with Crippen LogP contribution in [-0.4, -0.2) is 48.8 Å². The number of esters is 1. The van der Waals surface area contributed by atoms with E-state index in [0.29, 0.717) is 5.57 Å². The predicted molar refractivity (Wildman–Crippen MR) is 92.7 cm³/mol. The van der Waals surface area contributed by atoms with Gasteiger partial charge < -0.3 is 25.8 Å². The van der Waals surface area contributed by atoms with E-state index in [9.17, 15) is 14.4 Å². The highest BCUT2D eigenvalue weighted by Crippen LogP contribution is 2.25. The molecule has 142 valence electrons. The minimum absolute atomic E-state index is 0.0340. The maximum Gasteiger partial charge on any atom is 0.333 e. The number of nitrogens with two attached hydrogens (primary N) is 1. The lowest BCUT2D eigenvalue weighted by Gasteiger charge is -2.38. The maximum absolute atomic E-state index is 12.2. The number of carbonyl (C=O) groups excluding carboxylic acids is 3. The molecular formula is C17H29N3O5. The Labute approximate surface area is 148 Å². The van der Waals surface area contributed by atoms with Crippen LogP contribution in [0.25, 0.3) is 0 Å². The molecule has 0 aromatic carbocycles. The van der Waals surface area contributed by atoms with Crippen LogP contribution in [0.2, 0.25) is 0 Å². The largest absolute Gasteiger partial charge is 0.463 e. The van der Waals surface area contributed by atoms with E-state index in [1.165, 1.54) is 6.92 Å². The van der Waals surface area contributed by atoms with Crippen LogP contribution in [0.3, 0.4) is 0 Å². The van der Waals surface area contributed by atoms with Crippen molar-refractivity contribution < 1.29 is 23.9 Å². The second-order valence-electron chi connectivity index (χ2n) is 6.00. The summed E-state index contributed by atoms with van der Waals surface area (Å²) in [7, 11) is 0. The topological polar surface area (TPSA) is 120 Å². The molecule has 0 aliphatic heterocycles. The lowest BCUT2D eigenvalue weighted by atomic mass is 9.87. The first-order chi connectivity index (χ1) is 11.8. The number of nitrogens with one attached hydrogen (secondary N) is 2. The van der Waals surface area contributed by atoms with Crippen LogP contribution >= 0.6 is 0 Å². The van der Waals surface area contributed by atoms with E-state index in [-0.39, 0.29) is 25.0 Å². The molecule has 0 aromatic heterocycles. The second kappa shape index (κ2) is 10.0. The lowest BCUT2D eigenvalue weighted by molar-refractivity contribution is -0.139. The Morgan fingerprint density at radius 3 is 2.36 bits per heavy atom. The summed E-state index contributed by atoms with van der Waals surface area (Å²) in [6, 6.07) is -1.82. The number of amides is 3. The molecule has 0 bridgehead atoms. The van der Waals surface area contributed by atoms with Crippen molar-refractivity contribution in [2.75, 3.05) is 6.61 Å². The van der Waals surface area contributed by atoms with Gasteiger partial charge in [-0.25, -0.2) is 9.59 Å². The highest BCUT2D eigenvalue weighted by Gasteiger charge is 2.38. The van der Waals surface area contributed by atoms with Crippen molar-refractivity contribution in [1.82, 2.24) is 10.6 Å². The molecule has 3 amide bonds. The summed E-state index contributed by atoms with van der Waals surface area (Å²) in [4.78, 5) is 35.1. The summed E-state index contributed by atoms with van der Waals surface area (Å²) in [5, 5.41) is 5.40. The monoisotopic (exact) mass is 355 g/mol. The zero-order valence-corrected chi connectivity index (χ0v) is 15.3. The molecular weight excluding hydrogens is 326 g/mol. The van der Waals surface area contributed by atoms with Crippen LogP contribution in [-0.2, 0) is 19.1 Å². The summed E-state index contributed by atoms with van der Waals surface area (Å²) < 4.78 is 11.1. The van der Waals surface area contributed by atoms with Gasteiger partial charge in [-0.2, -0.15) is 0 Å². The first kappa shape index (κ1) is 21.0. The first-order valence-electron chi connectivity index (χ1n) is 8.68. The van der Waals surface area contributed by atoms with Gasteiger partial charge >= 0.3 is 12.0 Å². The van der Waals surface area contributed by atoms with Crippen LogP contribution in [0.1, 0.15) is 47.0 Å². The van der Waals surface area contributed by atoms with E-state index in [2.05, 4.69) is 10.6 Å². The Kier molecular flexibility index (Phi) is 8.40. The van der Waals surface area contributed by atoms with Gasteiger partial charge in [0, 0.05) is 18.9 Å². The van der Waals surface area contributed by atoms with Crippen LogP contribution < -0.4 is 16.4 Å². The van der Waals surface area contributed by atoms with E-state index in [1.807, 2.05) is 13.8 Å². The average molecular weight is 355 g/mol. The van der Waals surface area contributed by atoms with Gasteiger partial charge in [0.2, 0.25) is 5.91 Å². The fourth-order valence-corrected chi connectivity index (χ4v) is 2.91. The molecule has 0 heterocycles. The molecule has 1 aliphatic carbocycles. The Bertz CT molecular complexity index is 516. The van der Waals surface area contributed by atoms with Crippen LogP contribution in [0.15, 0.2) is 11.6 Å². The van der Waals surface area contributed by atoms with Gasteiger partial charge in [0.1, 0.15) is 0 Å². The van der Waals surface area contributed by atoms with Gasteiger partial charge in [0.25, 0.3) is 0 Å². The molecule has 3 atom stereocenters. The molecule has 8 heteroatoms. The van der Waals surface area contributed by atoms with Crippen LogP contribution in [0, 0.1) is 0 Å². The quantitative estimate of drug-likeness (QED) is 0.561. The zero-order chi connectivity index (χ0) is 19.0. The number of rotatable bonds is 8. The number of hydrogen-bond donors (Lipinski definition) is 3. The third-order valence-corrected chi connectivity index (χ3v) is 4.09. The van der Waals surface area contributed by atoms with Gasteiger partial charge in [-0.1, -0.05) is 13.8 Å². The van der Waals surface area contributed by atoms with Crippen LogP contribution in [0.4, 0.5) is 4.79 Å². The van der Waals surface area contributed by atoms with E-state index in [1.54, 1.807) is 13.0 Å². The number of carbonyl (C=O) groups is 3. The van der Waals surface area contributed by atoms with Gasteiger partial charge in [0.05, 0.1) is 30.9 Å². The molecule has 0 radical (unpaired) electrons. The summed E-state index contributed by atoms with van der Waals surface area (Å²) in [6.07, 6.45) is 2.85. The summed E-state index contributed by atoms with van der Waals surface area (Å²) in [5.41, 5.74) is 5.66. The molecule has 25 heavy (non-hydrogen) atoms. The lowest BCUT2D eigenvalue weighted by Crippen LogP contribution is -2.60. The highest BCUT2D eigenvalue weighted by atomic mass is 16.5. The molecule has 0 fully saturated rings. The minimum atomic E-state index is -0.730. The van der Waals surface area contributed by atoms with Crippen molar-refractivity contribution >= 4 is 17.9 Å². The van der Waals surface area contributed by atoms with Gasteiger partial charge in [-0.15, -0.1) is 0 Å². The summed E-state index contributed by atoms with van der Waals surface area (Å²) in [6.45, 7) is 7.36. The van der Waals surface area contributed by atoms with Crippen molar-refractivity contribution in [1.29, 1.82) is 0 Å². The fourth-order valence-electron chi connectivity index (χ4n) is 2.91. The standard InChI is InChI=1S/C17H29N3O5/c1-5-12(6-2)25-14-9-11(16(22)24-7-3)8-13(20-17(18)23)15(14)19-10(4)21/h9,12-15H,5-8H2,1-4H3,(H,19,21)(H3,18,20,23)/t13-,14+,15+/m0/s1. The molecule has 0 saturated carbocycles. The van der Waals surface area contributed by atoms with E-state index in [0.717, 1.165) is 12.8 Å². The summed E-state index contributed by atoms with van der Waals surface area (Å²) >= 11 is 0. The number of urea groups is 1. The van der Waals surface area contributed by atoms with E-state index >= 15 is 0 Å². The summed E-state index contributed by atoms with van der Waals surface area (Å²) in [5.74, 6) is -0.717. The molecule has 8 nitrogen and oxygen atoms in total. The molecule has 1 rings (SSSR count). The first-order valence-corrected chi connectivity index (χ1v) is 8.68. The minimum Gasteiger partial charge on any atom is -0.463 e. The SMILES string of the molecule is CCOC(=O)C1=C[C@@H](OC(CC)CC)[C@H](NC(C)=O)[C@@H](NC(N)=O)C1. The van der Waals surface area contributed by atoms with Gasteiger partial charge in [-0.3, -0.25) is 4.79 Å². The number of primary amides is 1. The normalized spacial score (nSPS) is 22.9. The number of hydrogen-bond acceptors (Lipinski definition) is 5. The molecule has 0 unspecified atom stereocenters. The highest BCUT2D eigenvalue weighted by molar-refractivity contribution is 5.89. The average Bonchev–Trinajstić information content (AvgIpc) is 2.54. The third-order valence-electron chi connectivity index (χ3n) is 4.09. The van der Waals surface area contributed by atoms with Crippen LogP contribution in [0.5, 0.6) is 0 Å². The Morgan fingerprint density at radius 1 is 1.24 bits per heavy atom. The number of ether oxygens (including phenoxy) is 2. The van der Waals surface area contributed by atoms with E-state index < -0.39 is 30.2 Å². The van der Waals surface area contributed by atoms with Gasteiger partial charge in [-0.05, 0) is 25.8 Å². The Morgan fingerprint density at radius 2 is 1.88 bits per heavy atom. The van der Waals surface area contributed by atoms with Crippen molar-refractivity contribution in [3.05, 3.63) is 11.6 Å². The molecule has 0 spiro atoms. The smallest absolute Gasteiger partial charge is 0.333 e. The van der Waals surface area contributed by atoms with E-state index in [4.69, 9.17) is 15.2 Å². The molecule has 0 aromatic rings. The van der Waals surface area contributed by atoms with Crippen molar-refractivity contribution in [3.63, 3.8) is 0 Å². The second-order valence-corrected chi connectivity index (χ2v) is 6.00. The molecule has 0 saturated heterocycles. The maximum atomic E-state index is 12.2. The molecule has 4 N–H and O–H groups in total. The zero-order valence-electron chi connectivity index (χ0n) is 15.3. The Balaban J connectivity index is 3.17. The predicted octanol–water partition coefficient (Wildman–Crippen LogP) is 0.995. The molecule has 1 aliphatic rings. The van der Waals surface area contributed by atoms with Crippen molar-refractivity contribution in [2.45, 2.75) is 71.2 Å². The fraction of sp³-hybridized carbons (Fsp3) is 0.706. The Hall–Kier alpha value is -2.09. The van der Waals surface area contributed by atoms with Crippen molar-refractivity contribution in [3.8, 4) is 0 Å².